The van der Waals surface area contributed by atoms with Crippen LogP contribution in [0.15, 0.2) is 41.5 Å². The Morgan fingerprint density at radius 2 is 2.08 bits per heavy atom. The molecule has 1 aliphatic rings. The highest BCUT2D eigenvalue weighted by Crippen LogP contribution is 2.29. The number of nitrogens with one attached hydrogen (secondary N) is 1. The van der Waals surface area contributed by atoms with Crippen molar-refractivity contribution in [3.63, 3.8) is 0 Å². The van der Waals surface area contributed by atoms with E-state index in [4.69, 9.17) is 0 Å². The lowest BCUT2D eigenvalue weighted by Gasteiger charge is -2.39. The standard InChI is InChI=1S/C19H26FN5S/c1-19(2)14-24(12-13-26-19)18(21-3)22-10-8-16-9-11-25(23-16)17-6-4-15(20)5-7-17/h4-7,9,11H,8,10,12-14H2,1-3H3,(H,21,22). The lowest BCUT2D eigenvalue weighted by atomic mass is 10.2. The summed E-state index contributed by atoms with van der Waals surface area (Å²) in [6, 6.07) is 8.33. The molecule has 1 aromatic heterocycles. The molecule has 1 saturated heterocycles. The first-order valence-electron chi connectivity index (χ1n) is 8.87. The number of benzene rings is 1. The SMILES string of the molecule is CN=C(NCCc1ccn(-c2ccc(F)cc2)n1)N1CCSC(C)(C)C1. The molecule has 1 aromatic carbocycles. The molecule has 0 bridgehead atoms. The first kappa shape index (κ1) is 18.8. The van der Waals surface area contributed by atoms with Crippen LogP contribution in [-0.4, -0.2) is 57.8 Å². The highest BCUT2D eigenvalue weighted by Gasteiger charge is 2.28. The third-order valence-corrected chi connectivity index (χ3v) is 5.63. The molecule has 3 rings (SSSR count). The summed E-state index contributed by atoms with van der Waals surface area (Å²) in [5.74, 6) is 1.84. The lowest BCUT2D eigenvalue weighted by molar-refractivity contribution is 0.376. The van der Waals surface area contributed by atoms with Crippen molar-refractivity contribution in [1.29, 1.82) is 0 Å². The van der Waals surface area contributed by atoms with Crippen molar-refractivity contribution in [2.45, 2.75) is 25.0 Å². The van der Waals surface area contributed by atoms with Gasteiger partial charge in [-0.3, -0.25) is 4.99 Å². The molecule has 0 spiro atoms. The largest absolute Gasteiger partial charge is 0.356 e. The average Bonchev–Trinajstić information content (AvgIpc) is 3.07. The fraction of sp³-hybridized carbons (Fsp3) is 0.474. The molecule has 0 atom stereocenters. The van der Waals surface area contributed by atoms with Crippen LogP contribution in [0.5, 0.6) is 0 Å². The summed E-state index contributed by atoms with van der Waals surface area (Å²) in [6.45, 7) is 7.35. The molecule has 2 aromatic rings. The summed E-state index contributed by atoms with van der Waals surface area (Å²) in [7, 11) is 1.83. The van der Waals surface area contributed by atoms with Crippen LogP contribution in [0.25, 0.3) is 5.69 Å². The number of nitrogens with zero attached hydrogens (tertiary/aromatic N) is 4. The Bertz CT molecular complexity index is 754. The predicted molar refractivity (Wildman–Crippen MR) is 107 cm³/mol. The van der Waals surface area contributed by atoms with Gasteiger partial charge in [-0.1, -0.05) is 0 Å². The number of halogens is 1. The Morgan fingerprint density at radius 1 is 1.31 bits per heavy atom. The van der Waals surface area contributed by atoms with Crippen LogP contribution in [0.4, 0.5) is 4.39 Å². The van der Waals surface area contributed by atoms with E-state index < -0.39 is 0 Å². The maximum absolute atomic E-state index is 13.0. The minimum Gasteiger partial charge on any atom is -0.356 e. The van der Waals surface area contributed by atoms with Crippen molar-refractivity contribution in [3.8, 4) is 5.69 Å². The van der Waals surface area contributed by atoms with Crippen LogP contribution >= 0.6 is 11.8 Å². The quantitative estimate of drug-likeness (QED) is 0.659. The topological polar surface area (TPSA) is 45.5 Å². The third-order valence-electron chi connectivity index (χ3n) is 4.34. The Kier molecular flexibility index (Phi) is 5.86. The van der Waals surface area contributed by atoms with Crippen LogP contribution < -0.4 is 5.32 Å². The smallest absolute Gasteiger partial charge is 0.193 e. The predicted octanol–water partition coefficient (Wildman–Crippen LogP) is 2.96. The van der Waals surface area contributed by atoms with Gasteiger partial charge >= 0.3 is 0 Å². The maximum atomic E-state index is 13.0. The van der Waals surface area contributed by atoms with Gasteiger partial charge in [0.2, 0.25) is 0 Å². The average molecular weight is 376 g/mol. The van der Waals surface area contributed by atoms with Gasteiger partial charge in [0.25, 0.3) is 0 Å². The Balaban J connectivity index is 1.53. The highest BCUT2D eigenvalue weighted by atomic mass is 32.2. The minimum absolute atomic E-state index is 0.240. The summed E-state index contributed by atoms with van der Waals surface area (Å²) in [5, 5.41) is 8.02. The zero-order valence-corrected chi connectivity index (χ0v) is 16.4. The van der Waals surface area contributed by atoms with Crippen molar-refractivity contribution in [3.05, 3.63) is 48.0 Å². The van der Waals surface area contributed by atoms with E-state index in [2.05, 4.69) is 34.2 Å². The number of hydrogen-bond donors (Lipinski definition) is 1. The number of aliphatic imine (C=N–C) groups is 1. The summed E-state index contributed by atoms with van der Waals surface area (Å²) in [5.41, 5.74) is 1.85. The molecule has 0 aliphatic carbocycles. The number of thioether (sulfide) groups is 1. The van der Waals surface area contributed by atoms with Crippen molar-refractivity contribution in [2.75, 3.05) is 32.4 Å². The molecule has 26 heavy (non-hydrogen) atoms. The molecule has 0 saturated carbocycles. The van der Waals surface area contributed by atoms with Gasteiger partial charge in [-0.25, -0.2) is 9.07 Å². The van der Waals surface area contributed by atoms with Gasteiger partial charge in [-0.2, -0.15) is 16.9 Å². The van der Waals surface area contributed by atoms with E-state index in [0.29, 0.717) is 0 Å². The number of rotatable bonds is 4. The molecule has 0 radical (unpaired) electrons. The van der Waals surface area contributed by atoms with E-state index in [1.54, 1.807) is 16.8 Å². The van der Waals surface area contributed by atoms with Crippen molar-refractivity contribution < 1.29 is 4.39 Å². The zero-order valence-electron chi connectivity index (χ0n) is 15.6. The van der Waals surface area contributed by atoms with Crippen LogP contribution in [0, 0.1) is 5.82 Å². The van der Waals surface area contributed by atoms with Gasteiger partial charge in [0.05, 0.1) is 11.4 Å². The summed E-state index contributed by atoms with van der Waals surface area (Å²) < 4.78 is 15.1. The van der Waals surface area contributed by atoms with Gasteiger partial charge in [-0.15, -0.1) is 0 Å². The van der Waals surface area contributed by atoms with Gasteiger partial charge in [-0.05, 0) is 44.2 Å². The first-order valence-corrected chi connectivity index (χ1v) is 9.85. The maximum Gasteiger partial charge on any atom is 0.193 e. The van der Waals surface area contributed by atoms with Crippen molar-refractivity contribution in [1.82, 2.24) is 20.0 Å². The van der Waals surface area contributed by atoms with Gasteiger partial charge in [0.1, 0.15) is 5.82 Å². The van der Waals surface area contributed by atoms with Crippen molar-refractivity contribution in [2.24, 2.45) is 4.99 Å². The van der Waals surface area contributed by atoms with Gasteiger partial charge < -0.3 is 10.2 Å². The molecule has 1 fully saturated rings. The van der Waals surface area contributed by atoms with E-state index >= 15 is 0 Å². The van der Waals surface area contributed by atoms with Crippen molar-refractivity contribution >= 4 is 17.7 Å². The molecule has 7 heteroatoms. The molecule has 1 N–H and O–H groups in total. The monoisotopic (exact) mass is 375 g/mol. The molecule has 5 nitrogen and oxygen atoms in total. The number of aromatic nitrogens is 2. The van der Waals surface area contributed by atoms with Gasteiger partial charge in [0.15, 0.2) is 5.96 Å². The highest BCUT2D eigenvalue weighted by molar-refractivity contribution is 8.00. The van der Waals surface area contributed by atoms with Gasteiger partial charge in [0, 0.05) is 49.8 Å². The molecular formula is C19H26FN5S. The fourth-order valence-corrected chi connectivity index (χ4v) is 4.18. The second kappa shape index (κ2) is 8.12. The minimum atomic E-state index is -0.240. The summed E-state index contributed by atoms with van der Waals surface area (Å²) in [6.07, 6.45) is 2.71. The Morgan fingerprint density at radius 3 is 2.77 bits per heavy atom. The third kappa shape index (κ3) is 4.78. The van der Waals surface area contributed by atoms with E-state index in [0.717, 1.165) is 49.1 Å². The molecule has 1 aliphatic heterocycles. The molecule has 0 unspecified atom stereocenters. The second-order valence-electron chi connectivity index (χ2n) is 6.98. The molecule has 2 heterocycles. The van der Waals surface area contributed by atoms with Crippen LogP contribution in [0.3, 0.4) is 0 Å². The first-order chi connectivity index (χ1) is 12.5. The van der Waals surface area contributed by atoms with E-state index in [1.165, 1.54) is 12.1 Å². The lowest BCUT2D eigenvalue weighted by Crippen LogP contribution is -2.51. The normalized spacial score (nSPS) is 17.4. The zero-order chi connectivity index (χ0) is 18.6. The van der Waals surface area contributed by atoms with Crippen LogP contribution in [0.2, 0.25) is 0 Å². The fourth-order valence-electron chi connectivity index (χ4n) is 3.06. The Labute approximate surface area is 158 Å². The molecule has 140 valence electrons. The number of hydrogen-bond acceptors (Lipinski definition) is 3. The van der Waals surface area contributed by atoms with Crippen LogP contribution in [0.1, 0.15) is 19.5 Å². The van der Waals surface area contributed by atoms with E-state index in [1.807, 2.05) is 31.1 Å². The summed E-state index contributed by atoms with van der Waals surface area (Å²) in [4.78, 5) is 6.76. The second-order valence-corrected chi connectivity index (χ2v) is 8.78. The molecule has 0 amide bonds. The van der Waals surface area contributed by atoms with Crippen LogP contribution in [-0.2, 0) is 6.42 Å². The Hall–Kier alpha value is -2.02. The summed E-state index contributed by atoms with van der Waals surface area (Å²) >= 11 is 2.01. The molecular weight excluding hydrogens is 349 g/mol. The number of guanidine groups is 1. The van der Waals surface area contributed by atoms with E-state index in [9.17, 15) is 4.39 Å². The van der Waals surface area contributed by atoms with E-state index in [-0.39, 0.29) is 10.6 Å².